The number of nitrogens with zero attached hydrogens (tertiary/aromatic N) is 1. The minimum atomic E-state index is -4.39. The van der Waals surface area contributed by atoms with Crippen molar-refractivity contribution >= 4 is 19.8 Å². The molecule has 0 spiro atoms. The van der Waals surface area contributed by atoms with Gasteiger partial charge in [0.15, 0.2) is 6.10 Å². The molecule has 510 valence electrons. The molecule has 0 radical (unpaired) electrons. The average Bonchev–Trinajstić information content (AvgIpc) is 3.67. The van der Waals surface area contributed by atoms with E-state index in [1.165, 1.54) is 327 Å². The van der Waals surface area contributed by atoms with E-state index in [1.807, 2.05) is 21.1 Å². The Balaban J connectivity index is 3.93. The van der Waals surface area contributed by atoms with Crippen molar-refractivity contribution in [1.29, 1.82) is 0 Å². The van der Waals surface area contributed by atoms with Crippen molar-refractivity contribution in [1.82, 2.24) is 0 Å². The van der Waals surface area contributed by atoms with Gasteiger partial charge in [-0.1, -0.05) is 366 Å². The van der Waals surface area contributed by atoms with Gasteiger partial charge in [0.2, 0.25) is 0 Å². The number of phosphoric ester groups is 1. The van der Waals surface area contributed by atoms with E-state index in [1.54, 1.807) is 0 Å². The Morgan fingerprint density at radius 2 is 0.628 bits per heavy atom. The second-order valence-electron chi connectivity index (χ2n) is 27.4. The van der Waals surface area contributed by atoms with Gasteiger partial charge in [-0.15, -0.1) is 0 Å². The largest absolute Gasteiger partial charge is 0.472 e. The number of rotatable bonds is 72. The molecule has 0 aromatic carbocycles. The molecule has 0 aliphatic carbocycles. The lowest BCUT2D eigenvalue weighted by molar-refractivity contribution is -0.870. The third kappa shape index (κ3) is 71.6. The summed E-state index contributed by atoms with van der Waals surface area (Å²) >= 11 is 0. The van der Waals surface area contributed by atoms with Crippen LogP contribution in [0.1, 0.15) is 399 Å². The first-order valence-corrected chi connectivity index (χ1v) is 39.6. The summed E-state index contributed by atoms with van der Waals surface area (Å²) < 4.78 is 34.8. The average molecular weight is 1240 g/mol. The first-order valence-electron chi connectivity index (χ1n) is 38.1. The standard InChI is InChI=1S/C76H148NO8P/c1-6-8-10-12-14-16-18-20-22-24-26-28-30-32-34-36-37-38-39-41-42-44-46-48-50-52-54-56-58-60-62-64-66-68-75(78)82-72-74(73-84-86(80,81)83-71-70-77(3,4)5)85-76(79)69-67-65-63-61-59-57-55-53-51-49-47-45-43-40-35-33-31-29-27-25-23-21-19-17-15-13-11-9-7-2/h19,21,25,27,74H,6-18,20,22-24,26,28-73H2,1-5H3/p+1/b21-19-,27-25-. The van der Waals surface area contributed by atoms with E-state index in [9.17, 15) is 19.0 Å². The zero-order chi connectivity index (χ0) is 62.6. The summed E-state index contributed by atoms with van der Waals surface area (Å²) in [5.41, 5.74) is 0. The fraction of sp³-hybridized carbons (Fsp3) is 0.921. The lowest BCUT2D eigenvalue weighted by atomic mass is 10.0. The van der Waals surface area contributed by atoms with Crippen LogP contribution in [0.5, 0.6) is 0 Å². The molecule has 0 rings (SSSR count). The smallest absolute Gasteiger partial charge is 0.462 e. The second-order valence-corrected chi connectivity index (χ2v) is 28.9. The fourth-order valence-corrected chi connectivity index (χ4v) is 12.4. The van der Waals surface area contributed by atoms with Crippen molar-refractivity contribution in [3.63, 3.8) is 0 Å². The van der Waals surface area contributed by atoms with Gasteiger partial charge in [0.1, 0.15) is 19.8 Å². The maximum absolute atomic E-state index is 12.9. The van der Waals surface area contributed by atoms with Crippen LogP contribution >= 0.6 is 7.82 Å². The van der Waals surface area contributed by atoms with Crippen LogP contribution in [0.4, 0.5) is 0 Å². The molecule has 0 aliphatic heterocycles. The molecule has 86 heavy (non-hydrogen) atoms. The Labute approximate surface area is 536 Å². The van der Waals surface area contributed by atoms with E-state index in [4.69, 9.17) is 18.5 Å². The van der Waals surface area contributed by atoms with Crippen LogP contribution < -0.4 is 0 Å². The van der Waals surface area contributed by atoms with Crippen molar-refractivity contribution in [3.05, 3.63) is 24.3 Å². The highest BCUT2D eigenvalue weighted by Crippen LogP contribution is 2.43. The minimum Gasteiger partial charge on any atom is -0.462 e. The van der Waals surface area contributed by atoms with Gasteiger partial charge in [-0.25, -0.2) is 4.57 Å². The van der Waals surface area contributed by atoms with Gasteiger partial charge >= 0.3 is 19.8 Å². The lowest BCUT2D eigenvalue weighted by Gasteiger charge is -2.24. The van der Waals surface area contributed by atoms with E-state index in [-0.39, 0.29) is 25.6 Å². The van der Waals surface area contributed by atoms with Gasteiger partial charge in [-0.05, 0) is 44.9 Å². The summed E-state index contributed by atoms with van der Waals surface area (Å²) in [6, 6.07) is 0. The topological polar surface area (TPSA) is 108 Å². The number of phosphoric acid groups is 1. The number of carbonyl (C=O) groups is 2. The lowest BCUT2D eigenvalue weighted by Crippen LogP contribution is -2.37. The van der Waals surface area contributed by atoms with Crippen LogP contribution in [0, 0.1) is 0 Å². The predicted octanol–water partition coefficient (Wildman–Crippen LogP) is 24.8. The maximum atomic E-state index is 12.9. The quantitative estimate of drug-likeness (QED) is 0.0211. The summed E-state index contributed by atoms with van der Waals surface area (Å²) in [7, 11) is 1.50. The van der Waals surface area contributed by atoms with E-state index in [0.717, 1.165) is 38.5 Å². The molecule has 0 aliphatic rings. The molecule has 0 amide bonds. The van der Waals surface area contributed by atoms with E-state index in [2.05, 4.69) is 38.2 Å². The van der Waals surface area contributed by atoms with Crippen molar-refractivity contribution in [2.24, 2.45) is 0 Å². The van der Waals surface area contributed by atoms with Crippen molar-refractivity contribution in [3.8, 4) is 0 Å². The summed E-state index contributed by atoms with van der Waals surface area (Å²) in [5.74, 6) is -0.771. The first-order chi connectivity index (χ1) is 42.0. The summed E-state index contributed by atoms with van der Waals surface area (Å²) in [5, 5.41) is 0. The Hall–Kier alpha value is -1.51. The number of carbonyl (C=O) groups excluding carboxylic acids is 2. The first kappa shape index (κ1) is 84.5. The van der Waals surface area contributed by atoms with Crippen LogP contribution in [-0.4, -0.2) is 74.9 Å². The number of unbranched alkanes of at least 4 members (excludes halogenated alkanes) is 54. The van der Waals surface area contributed by atoms with Crippen LogP contribution in [-0.2, 0) is 32.7 Å². The summed E-state index contributed by atoms with van der Waals surface area (Å²) in [6.45, 7) is 4.51. The molecule has 10 heteroatoms. The van der Waals surface area contributed by atoms with Crippen molar-refractivity contribution in [2.75, 3.05) is 47.5 Å². The van der Waals surface area contributed by atoms with Crippen LogP contribution in [0.25, 0.3) is 0 Å². The van der Waals surface area contributed by atoms with Crippen LogP contribution in [0.2, 0.25) is 0 Å². The fourth-order valence-electron chi connectivity index (χ4n) is 11.6. The summed E-state index contributed by atoms with van der Waals surface area (Å²) in [4.78, 5) is 35.9. The number of allylic oxidation sites excluding steroid dienone is 4. The number of hydrogen-bond donors (Lipinski definition) is 1. The van der Waals surface area contributed by atoms with Gasteiger partial charge in [0.25, 0.3) is 0 Å². The second kappa shape index (κ2) is 67.9. The van der Waals surface area contributed by atoms with Crippen LogP contribution in [0.15, 0.2) is 24.3 Å². The van der Waals surface area contributed by atoms with E-state index in [0.29, 0.717) is 23.9 Å². The molecule has 1 N–H and O–H groups in total. The molecule has 9 nitrogen and oxygen atoms in total. The minimum absolute atomic E-state index is 0.0356. The van der Waals surface area contributed by atoms with Crippen molar-refractivity contribution in [2.45, 2.75) is 405 Å². The zero-order valence-corrected chi connectivity index (χ0v) is 59.2. The molecule has 0 bridgehead atoms. The summed E-state index contributed by atoms with van der Waals surface area (Å²) in [6.07, 6.45) is 86.0. The molecule has 0 saturated carbocycles. The molecular weight excluding hydrogens is 1090 g/mol. The van der Waals surface area contributed by atoms with Crippen molar-refractivity contribution < 1.29 is 42.1 Å². The van der Waals surface area contributed by atoms with Gasteiger partial charge in [-0.3, -0.25) is 18.6 Å². The number of quaternary nitrogens is 1. The third-order valence-corrected chi connectivity index (χ3v) is 18.5. The van der Waals surface area contributed by atoms with Crippen LogP contribution in [0.3, 0.4) is 0 Å². The highest BCUT2D eigenvalue weighted by molar-refractivity contribution is 7.47. The highest BCUT2D eigenvalue weighted by atomic mass is 31.2. The van der Waals surface area contributed by atoms with Gasteiger partial charge in [0, 0.05) is 12.8 Å². The number of ether oxygens (including phenoxy) is 2. The molecule has 0 aromatic rings. The Kier molecular flexibility index (Phi) is 66.7. The molecule has 0 heterocycles. The van der Waals surface area contributed by atoms with Gasteiger partial charge in [0.05, 0.1) is 27.7 Å². The number of esters is 2. The zero-order valence-electron chi connectivity index (χ0n) is 58.3. The Bertz CT molecular complexity index is 1500. The molecule has 0 aromatic heterocycles. The number of hydrogen-bond acceptors (Lipinski definition) is 7. The molecular formula is C76H149NO8P+. The van der Waals surface area contributed by atoms with E-state index >= 15 is 0 Å². The predicted molar refractivity (Wildman–Crippen MR) is 372 cm³/mol. The number of likely N-dealkylation sites (N-methyl/N-ethyl adjacent to an activating group) is 1. The molecule has 0 fully saturated rings. The van der Waals surface area contributed by atoms with Gasteiger partial charge in [-0.2, -0.15) is 0 Å². The van der Waals surface area contributed by atoms with E-state index < -0.39 is 26.5 Å². The third-order valence-electron chi connectivity index (χ3n) is 17.5. The Morgan fingerprint density at radius 3 is 0.919 bits per heavy atom. The molecule has 2 unspecified atom stereocenters. The Morgan fingerprint density at radius 1 is 0.360 bits per heavy atom. The monoisotopic (exact) mass is 1240 g/mol. The maximum Gasteiger partial charge on any atom is 0.472 e. The molecule has 2 atom stereocenters. The highest BCUT2D eigenvalue weighted by Gasteiger charge is 2.27. The van der Waals surface area contributed by atoms with Gasteiger partial charge < -0.3 is 18.9 Å². The molecule has 0 saturated heterocycles. The normalized spacial score (nSPS) is 13.1. The SMILES string of the molecule is CCCCCCC/C=C\C/C=C\CCCCCCCCCCCCCCCCCCCC(=O)OC(COC(=O)CCCCCCCCCCCCCCCCCCCCCCCCCCCCCCCCCCC)COP(=O)(O)OCC[N+](C)(C)C.